The minimum Gasteiger partial charge on any atom is -0.461 e. The number of aliphatic hydroxyl groups excluding tert-OH is 1. The van der Waals surface area contributed by atoms with Crippen molar-refractivity contribution < 1.29 is 9.52 Å². The first-order valence-corrected chi connectivity index (χ1v) is 6.54. The van der Waals surface area contributed by atoms with Crippen molar-refractivity contribution in [3.8, 4) is 11.6 Å². The number of rotatable bonds is 5. The van der Waals surface area contributed by atoms with Crippen molar-refractivity contribution in [2.45, 2.75) is 6.42 Å². The van der Waals surface area contributed by atoms with Crippen molar-refractivity contribution >= 4 is 16.7 Å². The molecule has 3 rings (SSSR count). The van der Waals surface area contributed by atoms with Gasteiger partial charge in [-0.05, 0) is 30.7 Å². The topological polar surface area (TPSA) is 71.2 Å². The second-order valence-electron chi connectivity index (χ2n) is 4.39. The van der Waals surface area contributed by atoms with Crippen molar-refractivity contribution in [1.82, 2.24) is 9.97 Å². The van der Waals surface area contributed by atoms with Crippen LogP contribution in [0.15, 0.2) is 47.1 Å². The van der Waals surface area contributed by atoms with Gasteiger partial charge in [-0.25, -0.2) is 9.97 Å². The summed E-state index contributed by atoms with van der Waals surface area (Å²) >= 11 is 0. The van der Waals surface area contributed by atoms with E-state index in [-0.39, 0.29) is 6.61 Å². The third kappa shape index (κ3) is 2.48. The summed E-state index contributed by atoms with van der Waals surface area (Å²) < 4.78 is 5.36. The van der Waals surface area contributed by atoms with E-state index in [0.29, 0.717) is 24.6 Å². The van der Waals surface area contributed by atoms with E-state index in [1.165, 1.54) is 0 Å². The van der Waals surface area contributed by atoms with E-state index in [2.05, 4.69) is 15.3 Å². The van der Waals surface area contributed by atoms with Crippen LogP contribution < -0.4 is 5.32 Å². The first-order valence-electron chi connectivity index (χ1n) is 6.54. The highest BCUT2D eigenvalue weighted by molar-refractivity contribution is 5.90. The Morgan fingerprint density at radius 1 is 1.10 bits per heavy atom. The maximum Gasteiger partial charge on any atom is 0.198 e. The third-order valence-corrected chi connectivity index (χ3v) is 2.97. The van der Waals surface area contributed by atoms with Gasteiger partial charge >= 0.3 is 0 Å². The van der Waals surface area contributed by atoms with Gasteiger partial charge in [-0.2, -0.15) is 0 Å². The Kier molecular flexibility index (Phi) is 3.60. The monoisotopic (exact) mass is 269 g/mol. The molecule has 0 fully saturated rings. The number of hydrogen-bond donors (Lipinski definition) is 2. The lowest BCUT2D eigenvalue weighted by Crippen LogP contribution is -2.07. The Morgan fingerprint density at radius 3 is 2.80 bits per heavy atom. The number of hydrogen-bond acceptors (Lipinski definition) is 5. The van der Waals surface area contributed by atoms with Gasteiger partial charge in [0.1, 0.15) is 5.82 Å². The number of fused-ring (bicyclic) bond motifs is 1. The molecule has 0 aliphatic heterocycles. The number of aliphatic hydroxyl groups is 1. The molecular weight excluding hydrogens is 254 g/mol. The minimum absolute atomic E-state index is 0.154. The summed E-state index contributed by atoms with van der Waals surface area (Å²) in [6.07, 6.45) is 2.28. The first kappa shape index (κ1) is 12.6. The number of aromatic nitrogens is 2. The van der Waals surface area contributed by atoms with E-state index >= 15 is 0 Å². The van der Waals surface area contributed by atoms with Gasteiger partial charge in [-0.15, -0.1) is 0 Å². The molecule has 0 aliphatic rings. The Morgan fingerprint density at radius 2 is 2.00 bits per heavy atom. The van der Waals surface area contributed by atoms with Crippen molar-refractivity contribution in [2.75, 3.05) is 18.5 Å². The largest absolute Gasteiger partial charge is 0.461 e. The van der Waals surface area contributed by atoms with Gasteiger partial charge in [0.15, 0.2) is 11.6 Å². The molecule has 102 valence electrons. The third-order valence-electron chi connectivity index (χ3n) is 2.97. The summed E-state index contributed by atoms with van der Waals surface area (Å²) in [5, 5.41) is 13.1. The van der Waals surface area contributed by atoms with Gasteiger partial charge in [-0.3, -0.25) is 0 Å². The second kappa shape index (κ2) is 5.71. The van der Waals surface area contributed by atoms with Crippen molar-refractivity contribution in [3.05, 3.63) is 42.7 Å². The first-order chi connectivity index (χ1) is 9.88. The van der Waals surface area contributed by atoms with E-state index < -0.39 is 0 Å². The summed E-state index contributed by atoms with van der Waals surface area (Å²) in [6.45, 7) is 0.816. The van der Waals surface area contributed by atoms with Gasteiger partial charge in [-0.1, -0.05) is 12.1 Å². The van der Waals surface area contributed by atoms with Gasteiger partial charge in [0, 0.05) is 18.5 Å². The Hall–Kier alpha value is -2.40. The summed E-state index contributed by atoms with van der Waals surface area (Å²) in [4.78, 5) is 9.03. The lowest BCUT2D eigenvalue weighted by Gasteiger charge is -2.09. The predicted molar refractivity (Wildman–Crippen MR) is 77.4 cm³/mol. The quantitative estimate of drug-likeness (QED) is 0.697. The van der Waals surface area contributed by atoms with Crippen LogP contribution in [0.5, 0.6) is 0 Å². The maximum absolute atomic E-state index is 8.87. The molecule has 0 amide bonds. The molecule has 0 radical (unpaired) electrons. The van der Waals surface area contributed by atoms with Gasteiger partial charge in [0.05, 0.1) is 11.8 Å². The van der Waals surface area contributed by atoms with Crippen LogP contribution >= 0.6 is 0 Å². The zero-order chi connectivity index (χ0) is 13.8. The van der Waals surface area contributed by atoms with Gasteiger partial charge in [0.25, 0.3) is 0 Å². The van der Waals surface area contributed by atoms with Crippen LogP contribution in [0.1, 0.15) is 6.42 Å². The van der Waals surface area contributed by atoms with Crippen LogP contribution in [0.2, 0.25) is 0 Å². The molecule has 2 heterocycles. The fraction of sp³-hybridized carbons (Fsp3) is 0.200. The van der Waals surface area contributed by atoms with E-state index in [1.807, 2.05) is 36.4 Å². The summed E-state index contributed by atoms with van der Waals surface area (Å²) in [5.74, 6) is 1.96. The van der Waals surface area contributed by atoms with Gasteiger partial charge < -0.3 is 14.8 Å². The SMILES string of the molecule is OCCCNc1nc(-c2ccco2)nc2ccccc12. The molecule has 0 aliphatic carbocycles. The van der Waals surface area contributed by atoms with Crippen LogP contribution in [-0.2, 0) is 0 Å². The molecular formula is C15H15N3O2. The van der Waals surface area contributed by atoms with Gasteiger partial charge in [0.2, 0.25) is 0 Å². The van der Waals surface area contributed by atoms with Crippen LogP contribution in [-0.4, -0.2) is 28.2 Å². The summed E-state index contributed by atoms with van der Waals surface area (Å²) in [5.41, 5.74) is 0.861. The number of furan rings is 1. The normalized spacial score (nSPS) is 10.8. The smallest absolute Gasteiger partial charge is 0.198 e. The van der Waals surface area contributed by atoms with E-state index in [4.69, 9.17) is 9.52 Å². The standard InChI is InChI=1S/C15H15N3O2/c19-9-4-8-16-14-11-5-1-2-6-12(11)17-15(18-14)13-7-3-10-20-13/h1-3,5-7,10,19H,4,8-9H2,(H,16,17,18). The fourth-order valence-corrected chi connectivity index (χ4v) is 2.01. The molecule has 20 heavy (non-hydrogen) atoms. The zero-order valence-corrected chi connectivity index (χ0v) is 10.9. The van der Waals surface area contributed by atoms with E-state index in [9.17, 15) is 0 Å². The van der Waals surface area contributed by atoms with Crippen LogP contribution in [0, 0.1) is 0 Å². The lowest BCUT2D eigenvalue weighted by molar-refractivity contribution is 0.292. The number of nitrogens with zero attached hydrogens (tertiary/aromatic N) is 2. The Labute approximate surface area is 116 Å². The maximum atomic E-state index is 8.87. The zero-order valence-electron chi connectivity index (χ0n) is 10.9. The number of anilines is 1. The minimum atomic E-state index is 0.154. The highest BCUT2D eigenvalue weighted by Gasteiger charge is 2.10. The molecule has 5 heteroatoms. The molecule has 0 bridgehead atoms. The van der Waals surface area contributed by atoms with Crippen molar-refractivity contribution in [3.63, 3.8) is 0 Å². The number of para-hydroxylation sites is 1. The lowest BCUT2D eigenvalue weighted by atomic mass is 10.2. The molecule has 1 aromatic carbocycles. The number of nitrogens with one attached hydrogen (secondary N) is 1. The average Bonchev–Trinajstić information content (AvgIpc) is 3.01. The molecule has 2 aromatic heterocycles. The second-order valence-corrected chi connectivity index (χ2v) is 4.39. The summed E-state index contributed by atoms with van der Waals surface area (Å²) in [7, 11) is 0. The van der Waals surface area contributed by atoms with Crippen molar-refractivity contribution in [2.24, 2.45) is 0 Å². The van der Waals surface area contributed by atoms with E-state index in [0.717, 1.165) is 16.7 Å². The Bertz CT molecular complexity index is 695. The fourth-order valence-electron chi connectivity index (χ4n) is 2.01. The Balaban J connectivity index is 2.05. The van der Waals surface area contributed by atoms with Crippen molar-refractivity contribution in [1.29, 1.82) is 0 Å². The number of benzene rings is 1. The van der Waals surface area contributed by atoms with Crippen LogP contribution in [0.3, 0.4) is 0 Å². The molecule has 0 unspecified atom stereocenters. The van der Waals surface area contributed by atoms with Crippen LogP contribution in [0.4, 0.5) is 5.82 Å². The highest BCUT2D eigenvalue weighted by Crippen LogP contribution is 2.24. The average molecular weight is 269 g/mol. The highest BCUT2D eigenvalue weighted by atomic mass is 16.3. The molecule has 2 N–H and O–H groups in total. The molecule has 5 nitrogen and oxygen atoms in total. The van der Waals surface area contributed by atoms with Crippen LogP contribution in [0.25, 0.3) is 22.5 Å². The molecule has 0 saturated carbocycles. The molecule has 0 atom stereocenters. The van der Waals surface area contributed by atoms with E-state index in [1.54, 1.807) is 6.26 Å². The predicted octanol–water partition coefficient (Wildman–Crippen LogP) is 2.68. The molecule has 3 aromatic rings. The molecule has 0 spiro atoms. The summed E-state index contributed by atoms with van der Waals surface area (Å²) in [6, 6.07) is 11.5. The molecule has 0 saturated heterocycles.